The Morgan fingerprint density at radius 2 is 1.85 bits per heavy atom. The van der Waals surface area contributed by atoms with E-state index in [1.807, 2.05) is 0 Å². The summed E-state index contributed by atoms with van der Waals surface area (Å²) in [5, 5.41) is 3.00. The zero-order valence-corrected chi connectivity index (χ0v) is 12.7. The van der Waals surface area contributed by atoms with Crippen LogP contribution < -0.4 is 10.1 Å². The molecule has 0 saturated heterocycles. The summed E-state index contributed by atoms with van der Waals surface area (Å²) in [6.45, 7) is 0. The third-order valence-corrected chi connectivity index (χ3v) is 3.73. The van der Waals surface area contributed by atoms with E-state index in [-0.39, 0.29) is 5.82 Å². The third-order valence-electron chi connectivity index (χ3n) is 3.08. The maximum atomic E-state index is 14.1. The van der Waals surface area contributed by atoms with Crippen LogP contribution in [0.1, 0.15) is 17.2 Å². The molecule has 2 rings (SSSR count). The highest BCUT2D eigenvalue weighted by Crippen LogP contribution is 2.28. The molecule has 0 spiro atoms. The van der Waals surface area contributed by atoms with Gasteiger partial charge in [0.25, 0.3) is 0 Å². The average Bonchev–Trinajstić information content (AvgIpc) is 2.45. The summed E-state index contributed by atoms with van der Waals surface area (Å²) in [5.74, 6) is -0.327. The quantitative estimate of drug-likeness (QED) is 0.905. The Morgan fingerprint density at radius 3 is 2.40 bits per heavy atom. The predicted octanol–water partition coefficient (Wildman–Crippen LogP) is 4.04. The lowest BCUT2D eigenvalue weighted by atomic mass is 9.98. The first kappa shape index (κ1) is 14.9. The second-order valence-corrected chi connectivity index (χ2v) is 5.14. The fourth-order valence-corrected chi connectivity index (χ4v) is 2.31. The molecule has 0 radical (unpaired) electrons. The maximum Gasteiger partial charge on any atom is 0.137 e. The van der Waals surface area contributed by atoms with Crippen LogP contribution in [-0.4, -0.2) is 14.2 Å². The Labute approximate surface area is 124 Å². The molecule has 0 saturated carbocycles. The van der Waals surface area contributed by atoms with E-state index in [1.165, 1.54) is 19.2 Å². The van der Waals surface area contributed by atoms with Crippen LogP contribution in [-0.2, 0) is 0 Å². The molecule has 20 heavy (non-hydrogen) atoms. The zero-order chi connectivity index (χ0) is 14.7. The van der Waals surface area contributed by atoms with E-state index in [1.54, 1.807) is 31.3 Å². The van der Waals surface area contributed by atoms with Crippen molar-refractivity contribution in [2.24, 2.45) is 0 Å². The second-order valence-electron chi connectivity index (χ2n) is 4.28. The molecule has 0 aliphatic heterocycles. The summed E-state index contributed by atoms with van der Waals surface area (Å²) in [4.78, 5) is 0. The van der Waals surface area contributed by atoms with Crippen molar-refractivity contribution in [1.82, 2.24) is 5.32 Å². The SMILES string of the molecule is CNC(c1ccc(Br)c(F)c1)c1ccc(OC)cc1F. The molecule has 1 atom stereocenters. The highest BCUT2D eigenvalue weighted by Gasteiger charge is 2.18. The van der Waals surface area contributed by atoms with Crippen LogP contribution in [0.3, 0.4) is 0 Å². The molecule has 0 fully saturated rings. The molecule has 0 aliphatic rings. The van der Waals surface area contributed by atoms with Gasteiger partial charge in [0.2, 0.25) is 0 Å². The molecule has 0 bridgehead atoms. The lowest BCUT2D eigenvalue weighted by molar-refractivity contribution is 0.410. The molecule has 1 N–H and O–H groups in total. The Morgan fingerprint density at radius 1 is 1.10 bits per heavy atom. The minimum Gasteiger partial charge on any atom is -0.497 e. The van der Waals surface area contributed by atoms with Gasteiger partial charge in [-0.25, -0.2) is 8.78 Å². The molecule has 0 amide bonds. The van der Waals surface area contributed by atoms with Crippen LogP contribution >= 0.6 is 15.9 Å². The molecule has 2 aromatic carbocycles. The molecule has 5 heteroatoms. The topological polar surface area (TPSA) is 21.3 Å². The minimum atomic E-state index is -0.427. The first-order valence-electron chi connectivity index (χ1n) is 6.02. The number of ether oxygens (including phenoxy) is 1. The van der Waals surface area contributed by atoms with Crippen molar-refractivity contribution in [3.05, 3.63) is 63.6 Å². The highest BCUT2D eigenvalue weighted by molar-refractivity contribution is 9.10. The second kappa shape index (κ2) is 6.33. The van der Waals surface area contributed by atoms with Crippen LogP contribution in [0, 0.1) is 11.6 Å². The van der Waals surface area contributed by atoms with Gasteiger partial charge in [-0.2, -0.15) is 0 Å². The third kappa shape index (κ3) is 2.99. The van der Waals surface area contributed by atoms with Gasteiger partial charge in [0.15, 0.2) is 0 Å². The van der Waals surface area contributed by atoms with E-state index in [2.05, 4.69) is 21.2 Å². The van der Waals surface area contributed by atoms with Gasteiger partial charge in [0.05, 0.1) is 17.6 Å². The van der Waals surface area contributed by atoms with Crippen molar-refractivity contribution in [1.29, 1.82) is 0 Å². The first-order chi connectivity index (χ1) is 9.56. The molecular formula is C15H14BrF2NO. The molecule has 0 heterocycles. The van der Waals surface area contributed by atoms with Gasteiger partial charge in [-0.3, -0.25) is 0 Å². The Hall–Kier alpha value is -1.46. The lowest BCUT2D eigenvalue weighted by Gasteiger charge is -2.18. The van der Waals surface area contributed by atoms with Crippen LogP contribution in [0.2, 0.25) is 0 Å². The summed E-state index contributed by atoms with van der Waals surface area (Å²) < 4.78 is 33.1. The van der Waals surface area contributed by atoms with E-state index in [0.717, 1.165) is 0 Å². The molecule has 1 unspecified atom stereocenters. The maximum absolute atomic E-state index is 14.1. The van der Waals surface area contributed by atoms with Crippen LogP contribution in [0.5, 0.6) is 5.75 Å². The van der Waals surface area contributed by atoms with Gasteiger partial charge in [-0.1, -0.05) is 12.1 Å². The van der Waals surface area contributed by atoms with Gasteiger partial charge < -0.3 is 10.1 Å². The first-order valence-corrected chi connectivity index (χ1v) is 6.81. The molecule has 0 aromatic heterocycles. The van der Waals surface area contributed by atoms with Gasteiger partial charge in [0, 0.05) is 11.6 Å². The largest absolute Gasteiger partial charge is 0.497 e. The monoisotopic (exact) mass is 341 g/mol. The summed E-state index contributed by atoms with van der Waals surface area (Å²) in [7, 11) is 3.18. The Kier molecular flexibility index (Phi) is 4.73. The van der Waals surface area contributed by atoms with Crippen LogP contribution in [0.4, 0.5) is 8.78 Å². The number of benzene rings is 2. The number of nitrogens with one attached hydrogen (secondary N) is 1. The van der Waals surface area contributed by atoms with Crippen molar-refractivity contribution in [3.63, 3.8) is 0 Å². The Balaban J connectivity index is 2.43. The average molecular weight is 342 g/mol. The Bertz CT molecular complexity index is 619. The fraction of sp³-hybridized carbons (Fsp3) is 0.200. The predicted molar refractivity (Wildman–Crippen MR) is 78.0 cm³/mol. The lowest BCUT2D eigenvalue weighted by Crippen LogP contribution is -2.19. The van der Waals surface area contributed by atoms with Crippen molar-refractivity contribution >= 4 is 15.9 Å². The smallest absolute Gasteiger partial charge is 0.137 e. The molecular weight excluding hydrogens is 328 g/mol. The van der Waals surface area contributed by atoms with Gasteiger partial charge >= 0.3 is 0 Å². The van der Waals surface area contributed by atoms with Crippen LogP contribution in [0.15, 0.2) is 40.9 Å². The van der Waals surface area contributed by atoms with E-state index in [4.69, 9.17) is 4.74 Å². The number of halogens is 3. The standard InChI is InChI=1S/C15H14BrF2NO/c1-19-15(9-3-6-12(16)14(18)7-9)11-5-4-10(20-2)8-13(11)17/h3-8,15,19H,1-2H3. The minimum absolute atomic E-state index is 0.378. The number of hydrogen-bond donors (Lipinski definition) is 1. The van der Waals surface area contributed by atoms with E-state index in [0.29, 0.717) is 21.3 Å². The molecule has 106 valence electrons. The molecule has 2 nitrogen and oxygen atoms in total. The summed E-state index contributed by atoms with van der Waals surface area (Å²) in [6, 6.07) is 8.94. The zero-order valence-electron chi connectivity index (χ0n) is 11.1. The van der Waals surface area contributed by atoms with Crippen molar-refractivity contribution in [2.45, 2.75) is 6.04 Å². The number of rotatable bonds is 4. The van der Waals surface area contributed by atoms with E-state index in [9.17, 15) is 8.78 Å². The summed E-state index contributed by atoms with van der Waals surface area (Å²) in [5.41, 5.74) is 1.09. The van der Waals surface area contributed by atoms with Crippen molar-refractivity contribution < 1.29 is 13.5 Å². The van der Waals surface area contributed by atoms with Gasteiger partial charge in [0.1, 0.15) is 17.4 Å². The summed E-state index contributed by atoms with van der Waals surface area (Å²) in [6.07, 6.45) is 0. The van der Waals surface area contributed by atoms with Crippen molar-refractivity contribution in [2.75, 3.05) is 14.2 Å². The van der Waals surface area contributed by atoms with E-state index >= 15 is 0 Å². The molecule has 2 aromatic rings. The normalized spacial score (nSPS) is 12.2. The van der Waals surface area contributed by atoms with E-state index < -0.39 is 11.9 Å². The highest BCUT2D eigenvalue weighted by atomic mass is 79.9. The van der Waals surface area contributed by atoms with Gasteiger partial charge in [-0.05, 0) is 46.7 Å². The van der Waals surface area contributed by atoms with Gasteiger partial charge in [-0.15, -0.1) is 0 Å². The fourth-order valence-electron chi connectivity index (χ4n) is 2.06. The molecule has 0 aliphatic carbocycles. The number of hydrogen-bond acceptors (Lipinski definition) is 2. The summed E-state index contributed by atoms with van der Waals surface area (Å²) >= 11 is 3.10. The number of methoxy groups -OCH3 is 1. The van der Waals surface area contributed by atoms with Crippen molar-refractivity contribution in [3.8, 4) is 5.75 Å². The van der Waals surface area contributed by atoms with Crippen LogP contribution in [0.25, 0.3) is 0 Å².